The van der Waals surface area contributed by atoms with Crippen molar-refractivity contribution < 1.29 is 14.3 Å². The summed E-state index contributed by atoms with van der Waals surface area (Å²) in [4.78, 5) is 15.9. The van der Waals surface area contributed by atoms with Gasteiger partial charge in [-0.25, -0.2) is 4.79 Å². The number of aromatic carboxylic acids is 1. The lowest BCUT2D eigenvalue weighted by molar-refractivity contribution is 0.0697. The van der Waals surface area contributed by atoms with Gasteiger partial charge in [-0.3, -0.25) is 4.98 Å². The first kappa shape index (κ1) is 13.5. The first-order chi connectivity index (χ1) is 11.1. The van der Waals surface area contributed by atoms with Crippen molar-refractivity contribution in [3.8, 4) is 11.1 Å². The van der Waals surface area contributed by atoms with Crippen LogP contribution in [0.5, 0.6) is 0 Å². The van der Waals surface area contributed by atoms with Crippen LogP contribution in [0.3, 0.4) is 0 Å². The van der Waals surface area contributed by atoms with E-state index in [0.29, 0.717) is 16.7 Å². The highest BCUT2D eigenvalue weighted by atomic mass is 16.4. The molecule has 4 nitrogen and oxygen atoms in total. The van der Waals surface area contributed by atoms with Crippen LogP contribution in [0.25, 0.3) is 33.0 Å². The minimum Gasteiger partial charge on any atom is -0.478 e. The second-order valence-corrected chi connectivity index (χ2v) is 5.47. The minimum absolute atomic E-state index is 0.218. The Morgan fingerprint density at radius 3 is 2.74 bits per heavy atom. The van der Waals surface area contributed by atoms with Gasteiger partial charge < -0.3 is 9.52 Å². The van der Waals surface area contributed by atoms with Crippen molar-refractivity contribution in [3.63, 3.8) is 0 Å². The normalized spacial score (nSPS) is 11.2. The highest BCUT2D eigenvalue weighted by Crippen LogP contribution is 2.31. The minimum atomic E-state index is -0.977. The fourth-order valence-electron chi connectivity index (χ4n) is 2.89. The van der Waals surface area contributed by atoms with Gasteiger partial charge in [0.25, 0.3) is 0 Å². The Morgan fingerprint density at radius 1 is 1.09 bits per heavy atom. The molecule has 1 N–H and O–H groups in total. The van der Waals surface area contributed by atoms with E-state index >= 15 is 0 Å². The molecule has 0 saturated carbocycles. The average Bonchev–Trinajstić information content (AvgIpc) is 2.89. The second kappa shape index (κ2) is 4.95. The summed E-state index contributed by atoms with van der Waals surface area (Å²) in [5.41, 5.74) is 3.59. The summed E-state index contributed by atoms with van der Waals surface area (Å²) in [7, 11) is 0. The van der Waals surface area contributed by atoms with Crippen molar-refractivity contribution in [2.45, 2.75) is 6.92 Å². The molecule has 0 bridgehead atoms. The highest BCUT2D eigenvalue weighted by molar-refractivity contribution is 6.04. The molecule has 0 fully saturated rings. The zero-order valence-corrected chi connectivity index (χ0v) is 12.4. The molecule has 0 saturated heterocycles. The summed E-state index contributed by atoms with van der Waals surface area (Å²) in [5.74, 6) is -0.559. The van der Waals surface area contributed by atoms with Gasteiger partial charge in [-0.1, -0.05) is 24.3 Å². The lowest BCUT2D eigenvalue weighted by Gasteiger charge is -2.04. The standard InChI is InChI=1S/C19H13NO3/c1-11-18(19(21)22)15-9-12(6-7-17(15)23-11)14-8-13-4-2-3-5-16(13)20-10-14/h2-10H,1H3,(H,21,22). The molecule has 0 radical (unpaired) electrons. The van der Waals surface area contributed by atoms with Crippen LogP contribution in [0.2, 0.25) is 0 Å². The Hall–Kier alpha value is -3.14. The maximum absolute atomic E-state index is 11.4. The van der Waals surface area contributed by atoms with Crippen LogP contribution in [0.15, 0.2) is 59.1 Å². The third-order valence-electron chi connectivity index (χ3n) is 4.00. The van der Waals surface area contributed by atoms with E-state index in [9.17, 15) is 9.90 Å². The smallest absolute Gasteiger partial charge is 0.339 e. The highest BCUT2D eigenvalue weighted by Gasteiger charge is 2.17. The number of aryl methyl sites for hydroxylation is 1. The molecule has 2 aromatic carbocycles. The molecule has 0 amide bonds. The number of furan rings is 1. The number of rotatable bonds is 2. The van der Waals surface area contributed by atoms with Crippen molar-refractivity contribution in [1.29, 1.82) is 0 Å². The van der Waals surface area contributed by atoms with Crippen molar-refractivity contribution in [2.75, 3.05) is 0 Å². The predicted molar refractivity (Wildman–Crippen MR) is 88.6 cm³/mol. The van der Waals surface area contributed by atoms with Gasteiger partial charge in [0.15, 0.2) is 0 Å². The first-order valence-electron chi connectivity index (χ1n) is 7.25. The lowest BCUT2D eigenvalue weighted by Crippen LogP contribution is -1.96. The number of nitrogens with zero attached hydrogens (tertiary/aromatic N) is 1. The van der Waals surface area contributed by atoms with Crippen LogP contribution in [-0.2, 0) is 0 Å². The third kappa shape index (κ3) is 2.16. The first-order valence-corrected chi connectivity index (χ1v) is 7.25. The molecule has 2 aromatic heterocycles. The summed E-state index contributed by atoms with van der Waals surface area (Å²) in [6.45, 7) is 1.67. The number of aromatic nitrogens is 1. The van der Waals surface area contributed by atoms with Crippen molar-refractivity contribution in [2.24, 2.45) is 0 Å². The summed E-state index contributed by atoms with van der Waals surface area (Å²) in [6.07, 6.45) is 1.80. The molecule has 23 heavy (non-hydrogen) atoms. The largest absolute Gasteiger partial charge is 0.478 e. The summed E-state index contributed by atoms with van der Waals surface area (Å²) < 4.78 is 5.52. The van der Waals surface area contributed by atoms with E-state index in [2.05, 4.69) is 11.1 Å². The van der Waals surface area contributed by atoms with Crippen molar-refractivity contribution >= 4 is 27.8 Å². The molecule has 112 valence electrons. The molecule has 0 atom stereocenters. The number of para-hydroxylation sites is 1. The molecule has 0 aliphatic heterocycles. The number of benzene rings is 2. The van der Waals surface area contributed by atoms with Crippen LogP contribution in [0, 0.1) is 6.92 Å². The Kier molecular flexibility index (Phi) is 2.91. The van der Waals surface area contributed by atoms with Gasteiger partial charge >= 0.3 is 5.97 Å². The molecule has 0 aliphatic rings. The molecule has 4 aromatic rings. The molecule has 4 rings (SSSR count). The van der Waals surface area contributed by atoms with Gasteiger partial charge in [0, 0.05) is 22.5 Å². The molecular formula is C19H13NO3. The molecule has 2 heterocycles. The Morgan fingerprint density at radius 2 is 1.91 bits per heavy atom. The summed E-state index contributed by atoms with van der Waals surface area (Å²) >= 11 is 0. The van der Waals surface area contributed by atoms with Crippen LogP contribution >= 0.6 is 0 Å². The van der Waals surface area contributed by atoms with Gasteiger partial charge in [0.2, 0.25) is 0 Å². The van der Waals surface area contributed by atoms with E-state index < -0.39 is 5.97 Å². The molecule has 0 unspecified atom stereocenters. The molecule has 0 spiro atoms. The van der Waals surface area contributed by atoms with Gasteiger partial charge in [-0.05, 0) is 36.8 Å². The van der Waals surface area contributed by atoms with Gasteiger partial charge in [-0.15, -0.1) is 0 Å². The van der Waals surface area contributed by atoms with Crippen LogP contribution in [0.4, 0.5) is 0 Å². The fraction of sp³-hybridized carbons (Fsp3) is 0.0526. The fourth-order valence-corrected chi connectivity index (χ4v) is 2.89. The summed E-state index contributed by atoms with van der Waals surface area (Å²) in [5, 5.41) is 11.0. The topological polar surface area (TPSA) is 63.3 Å². The quantitative estimate of drug-likeness (QED) is 0.585. The second-order valence-electron chi connectivity index (χ2n) is 5.47. The number of pyridine rings is 1. The monoisotopic (exact) mass is 303 g/mol. The number of carbonyl (C=O) groups is 1. The van der Waals surface area contributed by atoms with Crippen LogP contribution in [-0.4, -0.2) is 16.1 Å². The van der Waals surface area contributed by atoms with E-state index in [1.165, 1.54) is 0 Å². The Bertz CT molecular complexity index is 1060. The average molecular weight is 303 g/mol. The van der Waals surface area contributed by atoms with Crippen molar-refractivity contribution in [3.05, 3.63) is 66.1 Å². The summed E-state index contributed by atoms with van der Waals surface area (Å²) in [6, 6.07) is 15.5. The van der Waals surface area contributed by atoms with Gasteiger partial charge in [0.05, 0.1) is 5.52 Å². The van der Waals surface area contributed by atoms with E-state index in [-0.39, 0.29) is 5.56 Å². The number of fused-ring (bicyclic) bond motifs is 2. The molecule has 4 heteroatoms. The van der Waals surface area contributed by atoms with Crippen molar-refractivity contribution in [1.82, 2.24) is 4.98 Å². The van der Waals surface area contributed by atoms with Gasteiger partial charge in [-0.2, -0.15) is 0 Å². The predicted octanol–water partition coefficient (Wildman–Crippen LogP) is 4.65. The van der Waals surface area contributed by atoms with Gasteiger partial charge in [0.1, 0.15) is 16.9 Å². The lowest BCUT2D eigenvalue weighted by atomic mass is 10.0. The number of carboxylic acids is 1. The SMILES string of the molecule is Cc1oc2ccc(-c3cnc4ccccc4c3)cc2c1C(=O)O. The van der Waals surface area contributed by atoms with Crippen LogP contribution < -0.4 is 0 Å². The maximum atomic E-state index is 11.4. The molecule has 0 aliphatic carbocycles. The molecular weight excluding hydrogens is 290 g/mol. The van der Waals surface area contributed by atoms with E-state index in [1.54, 1.807) is 19.2 Å². The van der Waals surface area contributed by atoms with Crippen LogP contribution in [0.1, 0.15) is 16.1 Å². The van der Waals surface area contributed by atoms with E-state index in [1.807, 2.05) is 36.4 Å². The maximum Gasteiger partial charge on any atom is 0.339 e. The number of hydrogen-bond acceptors (Lipinski definition) is 3. The number of hydrogen-bond donors (Lipinski definition) is 1. The Balaban J connectivity index is 1.93. The van der Waals surface area contributed by atoms with E-state index in [4.69, 9.17) is 4.42 Å². The Labute approximate surface area is 132 Å². The third-order valence-corrected chi connectivity index (χ3v) is 4.00. The zero-order valence-electron chi connectivity index (χ0n) is 12.4. The van der Waals surface area contributed by atoms with E-state index in [0.717, 1.165) is 22.0 Å². The number of carboxylic acid groups (broad SMARTS) is 1. The zero-order chi connectivity index (χ0) is 16.0.